The van der Waals surface area contributed by atoms with Crippen LogP contribution in [0.15, 0.2) is 12.6 Å². The van der Waals surface area contributed by atoms with Crippen LogP contribution in [-0.2, 0) is 0 Å². The van der Waals surface area contributed by atoms with Crippen molar-refractivity contribution in [3.63, 3.8) is 0 Å². The molecule has 1 heterocycles. The summed E-state index contributed by atoms with van der Waals surface area (Å²) >= 11 is 0. The van der Waals surface area contributed by atoms with Crippen molar-refractivity contribution in [2.75, 3.05) is 7.11 Å². The van der Waals surface area contributed by atoms with E-state index < -0.39 is 0 Å². The fraction of sp³-hybridized carbons (Fsp3) is 0.200. The predicted octanol–water partition coefficient (Wildman–Crippen LogP) is 1.85. The van der Waals surface area contributed by atoms with Crippen LogP contribution in [0.1, 0.15) is 21.7 Å². The minimum Gasteiger partial charge on any atom is -0.494 e. The highest BCUT2D eigenvalue weighted by Crippen LogP contribution is 2.22. The van der Waals surface area contributed by atoms with Gasteiger partial charge in [-0.3, -0.25) is 4.79 Å². The van der Waals surface area contributed by atoms with Gasteiger partial charge < -0.3 is 4.74 Å². The van der Waals surface area contributed by atoms with Crippen LogP contribution in [0.25, 0.3) is 6.08 Å². The average molecular weight is 177 g/mol. The maximum absolute atomic E-state index is 10.5. The molecule has 1 aromatic heterocycles. The highest BCUT2D eigenvalue weighted by molar-refractivity contribution is 5.74. The maximum Gasteiger partial charge on any atom is 0.168 e. The molecular weight excluding hydrogens is 166 g/mol. The van der Waals surface area contributed by atoms with E-state index in [1.54, 1.807) is 19.3 Å². The molecule has 0 aliphatic heterocycles. The second-order valence-corrected chi connectivity index (χ2v) is 2.60. The average Bonchev–Trinajstić information content (AvgIpc) is 2.16. The molecular formula is C10H11NO2. The Labute approximate surface area is 77.1 Å². The van der Waals surface area contributed by atoms with Crippen LogP contribution in [0.4, 0.5) is 0 Å². The first-order chi connectivity index (χ1) is 6.22. The molecule has 1 aromatic rings. The summed E-state index contributed by atoms with van der Waals surface area (Å²) in [7, 11) is 1.57. The van der Waals surface area contributed by atoms with Crippen molar-refractivity contribution in [1.82, 2.24) is 4.98 Å². The number of carbonyl (C=O) groups is 1. The summed E-state index contributed by atoms with van der Waals surface area (Å²) in [5.41, 5.74) is 1.88. The monoisotopic (exact) mass is 177 g/mol. The minimum atomic E-state index is 0.396. The van der Waals surface area contributed by atoms with Crippen LogP contribution in [0, 0.1) is 6.92 Å². The van der Waals surface area contributed by atoms with Gasteiger partial charge in [-0.15, -0.1) is 0 Å². The Balaban J connectivity index is 3.36. The van der Waals surface area contributed by atoms with Crippen LogP contribution < -0.4 is 4.74 Å². The normalized spacial score (nSPS) is 9.38. The van der Waals surface area contributed by atoms with Gasteiger partial charge in [0.05, 0.1) is 7.11 Å². The van der Waals surface area contributed by atoms with E-state index in [0.717, 1.165) is 5.56 Å². The molecule has 0 bridgehead atoms. The number of aldehydes is 1. The fourth-order valence-electron chi connectivity index (χ4n) is 1.18. The molecule has 0 saturated carbocycles. The van der Waals surface area contributed by atoms with Gasteiger partial charge in [0, 0.05) is 0 Å². The SMILES string of the molecule is C=Cc1nc(C=O)cc(C)c1OC. The standard InChI is InChI=1S/C10H11NO2/c1-4-9-10(13-3)7(2)5-8(6-12)11-9/h4-6H,1H2,2-3H3. The zero-order valence-electron chi connectivity index (χ0n) is 7.70. The number of pyridine rings is 1. The van der Waals surface area contributed by atoms with E-state index in [1.165, 1.54) is 0 Å². The molecule has 0 aliphatic carbocycles. The first kappa shape index (κ1) is 9.45. The molecule has 0 aliphatic rings. The molecule has 0 saturated heterocycles. The predicted molar refractivity (Wildman–Crippen MR) is 51.0 cm³/mol. The van der Waals surface area contributed by atoms with Crippen molar-refractivity contribution in [1.29, 1.82) is 0 Å². The van der Waals surface area contributed by atoms with Crippen molar-refractivity contribution >= 4 is 12.4 Å². The Morgan fingerprint density at radius 3 is 2.77 bits per heavy atom. The van der Waals surface area contributed by atoms with E-state index >= 15 is 0 Å². The van der Waals surface area contributed by atoms with Crippen molar-refractivity contribution in [3.8, 4) is 5.75 Å². The van der Waals surface area contributed by atoms with Gasteiger partial charge in [0.2, 0.25) is 0 Å². The van der Waals surface area contributed by atoms with Gasteiger partial charge in [-0.2, -0.15) is 0 Å². The zero-order chi connectivity index (χ0) is 9.84. The van der Waals surface area contributed by atoms with E-state index in [1.807, 2.05) is 6.92 Å². The summed E-state index contributed by atoms with van der Waals surface area (Å²) in [5, 5.41) is 0. The molecule has 3 nitrogen and oxygen atoms in total. The molecule has 0 spiro atoms. The topological polar surface area (TPSA) is 39.2 Å². The number of aromatic nitrogens is 1. The Hall–Kier alpha value is -1.64. The molecule has 0 unspecified atom stereocenters. The molecule has 3 heteroatoms. The number of hydrogen-bond acceptors (Lipinski definition) is 3. The van der Waals surface area contributed by atoms with E-state index in [2.05, 4.69) is 11.6 Å². The Kier molecular flexibility index (Phi) is 2.80. The lowest BCUT2D eigenvalue weighted by Gasteiger charge is -2.07. The summed E-state index contributed by atoms with van der Waals surface area (Å²) in [6.07, 6.45) is 2.28. The molecule has 68 valence electrons. The van der Waals surface area contributed by atoms with Crippen LogP contribution in [0.5, 0.6) is 5.75 Å². The molecule has 0 atom stereocenters. The third kappa shape index (κ3) is 1.75. The lowest BCUT2D eigenvalue weighted by Crippen LogP contribution is -1.97. The Morgan fingerprint density at radius 1 is 1.62 bits per heavy atom. The van der Waals surface area contributed by atoms with Gasteiger partial charge in [-0.1, -0.05) is 6.58 Å². The lowest BCUT2D eigenvalue weighted by molar-refractivity contribution is 0.111. The summed E-state index contributed by atoms with van der Waals surface area (Å²) in [4.78, 5) is 14.5. The molecule has 0 amide bonds. The van der Waals surface area contributed by atoms with Gasteiger partial charge in [-0.05, 0) is 24.6 Å². The van der Waals surface area contributed by atoms with E-state index in [4.69, 9.17) is 4.74 Å². The van der Waals surface area contributed by atoms with Crippen molar-refractivity contribution in [3.05, 3.63) is 29.6 Å². The van der Waals surface area contributed by atoms with Gasteiger partial charge in [0.15, 0.2) is 6.29 Å². The highest BCUT2D eigenvalue weighted by atomic mass is 16.5. The number of rotatable bonds is 3. The number of nitrogens with zero attached hydrogens (tertiary/aromatic N) is 1. The third-order valence-corrected chi connectivity index (χ3v) is 1.72. The van der Waals surface area contributed by atoms with Crippen LogP contribution >= 0.6 is 0 Å². The highest BCUT2D eigenvalue weighted by Gasteiger charge is 2.06. The summed E-state index contributed by atoms with van der Waals surface area (Å²) in [6, 6.07) is 1.68. The van der Waals surface area contributed by atoms with Crippen LogP contribution in [0.2, 0.25) is 0 Å². The Morgan fingerprint density at radius 2 is 2.31 bits per heavy atom. The van der Waals surface area contributed by atoms with Gasteiger partial charge in [0.1, 0.15) is 17.1 Å². The summed E-state index contributed by atoms with van der Waals surface area (Å²) < 4.78 is 5.12. The fourth-order valence-corrected chi connectivity index (χ4v) is 1.18. The summed E-state index contributed by atoms with van der Waals surface area (Å²) in [6.45, 7) is 5.46. The minimum absolute atomic E-state index is 0.396. The molecule has 0 N–H and O–H groups in total. The van der Waals surface area contributed by atoms with Gasteiger partial charge in [0.25, 0.3) is 0 Å². The molecule has 0 radical (unpaired) electrons. The first-order valence-electron chi connectivity index (χ1n) is 3.86. The Bertz CT molecular complexity index is 345. The van der Waals surface area contributed by atoms with Crippen molar-refractivity contribution in [2.45, 2.75) is 6.92 Å². The van der Waals surface area contributed by atoms with Crippen molar-refractivity contribution in [2.24, 2.45) is 0 Å². The van der Waals surface area contributed by atoms with Crippen LogP contribution in [-0.4, -0.2) is 18.4 Å². The quantitative estimate of drug-likeness (QED) is 0.661. The maximum atomic E-state index is 10.5. The first-order valence-corrected chi connectivity index (χ1v) is 3.86. The summed E-state index contributed by atoms with van der Waals surface area (Å²) in [5.74, 6) is 0.667. The molecule has 1 rings (SSSR count). The van der Waals surface area contributed by atoms with Crippen LogP contribution in [0.3, 0.4) is 0 Å². The molecule has 0 aromatic carbocycles. The number of hydrogen-bond donors (Lipinski definition) is 0. The third-order valence-electron chi connectivity index (χ3n) is 1.72. The second kappa shape index (κ2) is 3.85. The number of aryl methyl sites for hydroxylation is 1. The zero-order valence-corrected chi connectivity index (χ0v) is 7.70. The lowest BCUT2D eigenvalue weighted by atomic mass is 10.2. The van der Waals surface area contributed by atoms with Gasteiger partial charge >= 0.3 is 0 Å². The van der Waals surface area contributed by atoms with E-state index in [9.17, 15) is 4.79 Å². The van der Waals surface area contributed by atoms with Crippen molar-refractivity contribution < 1.29 is 9.53 Å². The van der Waals surface area contributed by atoms with Gasteiger partial charge in [-0.25, -0.2) is 4.98 Å². The van der Waals surface area contributed by atoms with E-state index in [0.29, 0.717) is 23.4 Å². The van der Waals surface area contributed by atoms with E-state index in [-0.39, 0.29) is 0 Å². The number of carbonyl (C=O) groups excluding carboxylic acids is 1. The smallest absolute Gasteiger partial charge is 0.168 e. The number of ether oxygens (including phenoxy) is 1. The number of methoxy groups -OCH3 is 1. The molecule has 13 heavy (non-hydrogen) atoms. The second-order valence-electron chi connectivity index (χ2n) is 2.60. The molecule has 0 fully saturated rings. The largest absolute Gasteiger partial charge is 0.494 e.